The Hall–Kier alpha value is -3.00. The Labute approximate surface area is 152 Å². The lowest BCUT2D eigenvalue weighted by molar-refractivity contribution is 0.0942. The molecule has 0 saturated heterocycles. The molecule has 0 bridgehead atoms. The SMILES string of the molecule is Cc1nc2sc(C(=O)N[C@H](C)c3nc4ccccc4[nH]3)c(C)c2c(=O)[nH]1. The minimum atomic E-state index is -0.299. The number of nitrogens with one attached hydrogen (secondary N) is 3. The minimum Gasteiger partial charge on any atom is -0.342 e. The van der Waals surface area contributed by atoms with Crippen LogP contribution < -0.4 is 10.9 Å². The third kappa shape index (κ3) is 2.68. The van der Waals surface area contributed by atoms with Crippen molar-refractivity contribution in [3.8, 4) is 0 Å². The van der Waals surface area contributed by atoms with Crippen LogP contribution >= 0.6 is 11.3 Å². The second kappa shape index (κ2) is 6.06. The highest BCUT2D eigenvalue weighted by Crippen LogP contribution is 2.27. The molecule has 26 heavy (non-hydrogen) atoms. The molecule has 3 N–H and O–H groups in total. The Balaban J connectivity index is 1.65. The quantitative estimate of drug-likeness (QED) is 0.518. The number of H-pyrrole nitrogens is 2. The highest BCUT2D eigenvalue weighted by atomic mass is 32.1. The Kier molecular flexibility index (Phi) is 3.84. The second-order valence-corrected chi connectivity index (χ2v) is 7.22. The van der Waals surface area contributed by atoms with E-state index in [9.17, 15) is 9.59 Å². The van der Waals surface area contributed by atoms with Crippen LogP contribution in [0.2, 0.25) is 0 Å². The molecule has 3 heterocycles. The van der Waals surface area contributed by atoms with Crippen LogP contribution in [0.25, 0.3) is 21.3 Å². The fraction of sp³-hybridized carbons (Fsp3) is 0.222. The van der Waals surface area contributed by atoms with Crippen molar-refractivity contribution in [1.82, 2.24) is 25.3 Å². The summed E-state index contributed by atoms with van der Waals surface area (Å²) in [6.45, 7) is 5.36. The average molecular weight is 367 g/mol. The molecule has 1 aromatic carbocycles. The zero-order chi connectivity index (χ0) is 18.4. The third-order valence-electron chi connectivity index (χ3n) is 4.29. The first kappa shape index (κ1) is 16.5. The molecule has 3 aromatic heterocycles. The molecule has 4 aromatic rings. The van der Waals surface area contributed by atoms with Crippen LogP contribution in [0.4, 0.5) is 0 Å². The second-order valence-electron chi connectivity index (χ2n) is 6.22. The minimum absolute atomic E-state index is 0.217. The van der Waals surface area contributed by atoms with Crippen molar-refractivity contribution in [1.29, 1.82) is 0 Å². The van der Waals surface area contributed by atoms with Gasteiger partial charge in [0.05, 0.1) is 27.3 Å². The number of imidazole rings is 1. The summed E-state index contributed by atoms with van der Waals surface area (Å²) < 4.78 is 0. The highest BCUT2D eigenvalue weighted by molar-refractivity contribution is 7.20. The molecule has 0 radical (unpaired) electrons. The number of hydrogen-bond donors (Lipinski definition) is 3. The number of para-hydroxylation sites is 2. The van der Waals surface area contributed by atoms with Crippen LogP contribution in [-0.2, 0) is 0 Å². The Morgan fingerprint density at radius 3 is 2.73 bits per heavy atom. The van der Waals surface area contributed by atoms with Gasteiger partial charge in [-0.2, -0.15) is 0 Å². The number of aromatic nitrogens is 4. The number of amides is 1. The molecular weight excluding hydrogens is 350 g/mol. The number of carbonyl (C=O) groups excluding carboxylic acids is 1. The third-order valence-corrected chi connectivity index (χ3v) is 5.48. The summed E-state index contributed by atoms with van der Waals surface area (Å²) in [6.07, 6.45) is 0. The number of carbonyl (C=O) groups is 1. The van der Waals surface area contributed by atoms with E-state index >= 15 is 0 Å². The standard InChI is InChI=1S/C18H17N5O2S/c1-8-13-16(24)20-10(3)21-18(13)26-14(8)17(25)19-9(2)15-22-11-6-4-5-7-12(11)23-15/h4-7,9H,1-3H3,(H,19,25)(H,22,23)(H,20,21,24)/t9-/m1/s1. The van der Waals surface area contributed by atoms with Gasteiger partial charge in [0.2, 0.25) is 0 Å². The van der Waals surface area contributed by atoms with E-state index in [2.05, 4.69) is 25.3 Å². The van der Waals surface area contributed by atoms with E-state index in [1.165, 1.54) is 11.3 Å². The maximum Gasteiger partial charge on any atom is 0.262 e. The van der Waals surface area contributed by atoms with E-state index in [4.69, 9.17) is 0 Å². The van der Waals surface area contributed by atoms with Gasteiger partial charge in [-0.15, -0.1) is 11.3 Å². The smallest absolute Gasteiger partial charge is 0.262 e. The topological polar surface area (TPSA) is 104 Å². The van der Waals surface area contributed by atoms with Crippen molar-refractivity contribution < 1.29 is 4.79 Å². The molecule has 0 aliphatic carbocycles. The number of benzene rings is 1. The molecule has 0 aliphatic heterocycles. The van der Waals surface area contributed by atoms with Crippen LogP contribution in [0.1, 0.15) is 39.8 Å². The van der Waals surface area contributed by atoms with Crippen LogP contribution in [0.5, 0.6) is 0 Å². The monoisotopic (exact) mass is 367 g/mol. The number of aromatic amines is 2. The van der Waals surface area contributed by atoms with Crippen molar-refractivity contribution in [3.63, 3.8) is 0 Å². The number of fused-ring (bicyclic) bond motifs is 2. The number of aryl methyl sites for hydroxylation is 2. The summed E-state index contributed by atoms with van der Waals surface area (Å²) in [5, 5.41) is 3.42. The number of rotatable bonds is 3. The Morgan fingerprint density at radius 2 is 1.96 bits per heavy atom. The molecule has 8 heteroatoms. The van der Waals surface area contributed by atoms with Crippen molar-refractivity contribution >= 4 is 38.5 Å². The molecule has 0 saturated carbocycles. The highest BCUT2D eigenvalue weighted by Gasteiger charge is 2.21. The molecule has 0 unspecified atom stereocenters. The van der Waals surface area contributed by atoms with Crippen molar-refractivity contribution in [3.05, 3.63) is 56.7 Å². The first-order chi connectivity index (χ1) is 12.4. The lowest BCUT2D eigenvalue weighted by atomic mass is 10.2. The van der Waals surface area contributed by atoms with Crippen LogP contribution in [-0.4, -0.2) is 25.8 Å². The molecule has 1 amide bonds. The Morgan fingerprint density at radius 1 is 1.19 bits per heavy atom. The van der Waals surface area contributed by atoms with Gasteiger partial charge in [0.25, 0.3) is 11.5 Å². The van der Waals surface area contributed by atoms with E-state index in [1.54, 1.807) is 13.8 Å². The van der Waals surface area contributed by atoms with E-state index in [0.29, 0.717) is 32.3 Å². The van der Waals surface area contributed by atoms with Gasteiger partial charge in [-0.05, 0) is 38.5 Å². The zero-order valence-corrected chi connectivity index (χ0v) is 15.3. The molecule has 1 atom stereocenters. The Bertz CT molecular complexity index is 1170. The summed E-state index contributed by atoms with van der Waals surface area (Å²) in [5.41, 5.74) is 2.21. The molecule has 7 nitrogen and oxygen atoms in total. The maximum absolute atomic E-state index is 12.7. The lowest BCUT2D eigenvalue weighted by Crippen LogP contribution is -2.27. The van der Waals surface area contributed by atoms with Crippen molar-refractivity contribution in [2.75, 3.05) is 0 Å². The molecule has 0 aliphatic rings. The molecule has 4 rings (SSSR count). The summed E-state index contributed by atoms with van der Waals surface area (Å²) >= 11 is 1.23. The predicted octanol–water partition coefficient (Wildman–Crippen LogP) is 2.97. The van der Waals surface area contributed by atoms with Gasteiger partial charge >= 0.3 is 0 Å². The summed E-state index contributed by atoms with van der Waals surface area (Å²) in [5.74, 6) is 0.979. The fourth-order valence-electron chi connectivity index (χ4n) is 2.98. The summed E-state index contributed by atoms with van der Waals surface area (Å²) in [4.78, 5) is 40.7. The number of hydrogen-bond acceptors (Lipinski definition) is 5. The molecule has 0 fully saturated rings. The van der Waals surface area contributed by atoms with Gasteiger partial charge in [0.1, 0.15) is 16.5 Å². The molecular formula is C18H17N5O2S. The first-order valence-corrected chi connectivity index (χ1v) is 9.01. The van der Waals surface area contributed by atoms with Gasteiger partial charge in [-0.1, -0.05) is 12.1 Å². The van der Waals surface area contributed by atoms with Crippen molar-refractivity contribution in [2.45, 2.75) is 26.8 Å². The lowest BCUT2D eigenvalue weighted by Gasteiger charge is -2.10. The molecule has 0 spiro atoms. The predicted molar refractivity (Wildman–Crippen MR) is 102 cm³/mol. The summed E-state index contributed by atoms with van der Waals surface area (Å²) in [7, 11) is 0. The number of thiophene rings is 1. The average Bonchev–Trinajstić information content (AvgIpc) is 3.16. The van der Waals surface area contributed by atoms with E-state index in [0.717, 1.165) is 11.0 Å². The maximum atomic E-state index is 12.7. The fourth-order valence-corrected chi connectivity index (χ4v) is 4.11. The number of nitrogens with zero attached hydrogens (tertiary/aromatic N) is 2. The largest absolute Gasteiger partial charge is 0.342 e. The molecule has 132 valence electrons. The van der Waals surface area contributed by atoms with Crippen LogP contribution in [0, 0.1) is 13.8 Å². The van der Waals surface area contributed by atoms with E-state index < -0.39 is 0 Å². The van der Waals surface area contributed by atoms with Gasteiger partial charge < -0.3 is 15.3 Å². The van der Waals surface area contributed by atoms with Crippen LogP contribution in [0.15, 0.2) is 29.1 Å². The van der Waals surface area contributed by atoms with Gasteiger partial charge in [-0.3, -0.25) is 9.59 Å². The van der Waals surface area contributed by atoms with Gasteiger partial charge in [0, 0.05) is 0 Å². The first-order valence-electron chi connectivity index (χ1n) is 8.19. The van der Waals surface area contributed by atoms with Gasteiger partial charge in [0.15, 0.2) is 0 Å². The van der Waals surface area contributed by atoms with E-state index in [1.807, 2.05) is 31.2 Å². The normalized spacial score (nSPS) is 12.6. The van der Waals surface area contributed by atoms with Crippen LogP contribution in [0.3, 0.4) is 0 Å². The zero-order valence-electron chi connectivity index (χ0n) is 14.5. The van der Waals surface area contributed by atoms with E-state index in [-0.39, 0.29) is 17.5 Å². The van der Waals surface area contributed by atoms with Gasteiger partial charge in [-0.25, -0.2) is 9.97 Å². The summed E-state index contributed by atoms with van der Waals surface area (Å²) in [6, 6.07) is 7.41. The van der Waals surface area contributed by atoms with Crippen molar-refractivity contribution in [2.24, 2.45) is 0 Å².